The van der Waals surface area contributed by atoms with Crippen LogP contribution < -0.4 is 11.1 Å². The molecule has 5 heteroatoms. The molecule has 0 saturated carbocycles. The number of nitrogen functional groups attached to an aromatic ring is 1. The average Bonchev–Trinajstić information content (AvgIpc) is 2.76. The summed E-state index contributed by atoms with van der Waals surface area (Å²) in [5.41, 5.74) is 7.65. The highest BCUT2D eigenvalue weighted by atomic mass is 32.2. The van der Waals surface area contributed by atoms with Gasteiger partial charge in [-0.15, -0.1) is 0 Å². The van der Waals surface area contributed by atoms with Crippen molar-refractivity contribution >= 4 is 40.1 Å². The molecule has 3 N–H and O–H groups in total. The van der Waals surface area contributed by atoms with Crippen molar-refractivity contribution in [1.29, 1.82) is 0 Å². The van der Waals surface area contributed by atoms with Crippen molar-refractivity contribution < 1.29 is 0 Å². The first-order chi connectivity index (χ1) is 7.79. The Morgan fingerprint density at radius 1 is 1.56 bits per heavy atom. The lowest BCUT2D eigenvalue weighted by Gasteiger charge is -2.08. The molecule has 0 amide bonds. The lowest BCUT2D eigenvalue weighted by atomic mass is 10.3. The molecule has 0 bridgehead atoms. The molecule has 0 unspecified atom stereocenters. The van der Waals surface area contributed by atoms with Crippen LogP contribution in [0.4, 0.5) is 11.4 Å². The highest BCUT2D eigenvalue weighted by Crippen LogP contribution is 2.29. The lowest BCUT2D eigenvalue weighted by Crippen LogP contribution is -2.05. The molecular weight excluding hydrogens is 238 g/mol. The van der Waals surface area contributed by atoms with Crippen molar-refractivity contribution in [2.75, 3.05) is 23.3 Å². The summed E-state index contributed by atoms with van der Waals surface area (Å²) in [5.74, 6) is 1.06. The molecule has 0 fully saturated rings. The van der Waals surface area contributed by atoms with Crippen LogP contribution in [0.25, 0.3) is 0 Å². The van der Waals surface area contributed by atoms with Crippen molar-refractivity contribution in [1.82, 2.24) is 0 Å². The third kappa shape index (κ3) is 2.74. The van der Waals surface area contributed by atoms with Crippen LogP contribution in [0, 0.1) is 0 Å². The summed E-state index contributed by atoms with van der Waals surface area (Å²) < 4.78 is 0. The molecule has 0 radical (unpaired) electrons. The third-order valence-corrected chi connectivity index (χ3v) is 3.73. The Hall–Kier alpha value is -1.07. The fourth-order valence-electron chi connectivity index (χ4n) is 1.34. The maximum atomic E-state index is 5.85. The Kier molecular flexibility index (Phi) is 3.79. The third-order valence-electron chi connectivity index (χ3n) is 2.06. The number of benzene rings is 1. The van der Waals surface area contributed by atoms with Crippen LogP contribution in [-0.4, -0.2) is 17.5 Å². The average molecular weight is 251 g/mol. The van der Waals surface area contributed by atoms with Gasteiger partial charge in [0, 0.05) is 22.0 Å². The summed E-state index contributed by atoms with van der Waals surface area (Å²) in [7, 11) is 0. The minimum Gasteiger partial charge on any atom is -0.398 e. The standard InChI is InChI=1S/C11H13N3S2/c1-2-15-10-7-8(3-4-9(10)12)14-11-13-5-6-16-11/h2-4,7H,1,5-6,12H2,(H,13,14). The van der Waals surface area contributed by atoms with E-state index in [1.807, 2.05) is 18.2 Å². The van der Waals surface area contributed by atoms with Crippen molar-refractivity contribution in [3.63, 3.8) is 0 Å². The quantitative estimate of drug-likeness (QED) is 0.640. The van der Waals surface area contributed by atoms with Crippen molar-refractivity contribution in [3.8, 4) is 0 Å². The molecule has 0 spiro atoms. The SMILES string of the molecule is C=CSc1cc(NC2=NCCS2)ccc1N. The van der Waals surface area contributed by atoms with Gasteiger partial charge in [-0.05, 0) is 23.6 Å². The predicted octanol–water partition coefficient (Wildman–Crippen LogP) is 3.02. The van der Waals surface area contributed by atoms with Gasteiger partial charge < -0.3 is 11.1 Å². The number of rotatable bonds is 3. The first kappa shape index (κ1) is 11.4. The maximum Gasteiger partial charge on any atom is 0.161 e. The molecule has 0 aliphatic carbocycles. The van der Waals surface area contributed by atoms with Gasteiger partial charge in [0.2, 0.25) is 0 Å². The number of hydrogen-bond donors (Lipinski definition) is 2. The Balaban J connectivity index is 2.14. The number of nitrogens with zero attached hydrogens (tertiary/aromatic N) is 1. The van der Waals surface area contributed by atoms with Crippen LogP contribution >= 0.6 is 23.5 Å². The second-order valence-corrected chi connectivity index (χ2v) is 5.29. The van der Waals surface area contributed by atoms with Crippen LogP contribution in [0.3, 0.4) is 0 Å². The first-order valence-corrected chi connectivity index (χ1v) is 6.77. The molecule has 1 aromatic rings. The summed E-state index contributed by atoms with van der Waals surface area (Å²) in [6.45, 7) is 4.59. The number of hydrogen-bond acceptors (Lipinski definition) is 5. The molecule has 1 aliphatic rings. The molecule has 1 aliphatic heterocycles. The molecule has 3 nitrogen and oxygen atoms in total. The van der Waals surface area contributed by atoms with E-state index in [4.69, 9.17) is 5.73 Å². The smallest absolute Gasteiger partial charge is 0.161 e. The Labute approximate surface area is 104 Å². The predicted molar refractivity (Wildman–Crippen MR) is 75.3 cm³/mol. The normalized spacial score (nSPS) is 14.6. The topological polar surface area (TPSA) is 50.4 Å². The van der Waals surface area contributed by atoms with E-state index < -0.39 is 0 Å². The van der Waals surface area contributed by atoms with Crippen LogP contribution in [0.2, 0.25) is 0 Å². The summed E-state index contributed by atoms with van der Waals surface area (Å²) in [5, 5.41) is 6.04. The highest BCUT2D eigenvalue weighted by Gasteiger charge is 2.07. The highest BCUT2D eigenvalue weighted by molar-refractivity contribution is 8.14. The molecule has 0 saturated heterocycles. The van der Waals surface area contributed by atoms with Crippen LogP contribution in [0.1, 0.15) is 0 Å². The molecule has 2 rings (SSSR count). The summed E-state index contributed by atoms with van der Waals surface area (Å²) in [6.07, 6.45) is 0. The molecule has 84 valence electrons. The summed E-state index contributed by atoms with van der Waals surface area (Å²) in [4.78, 5) is 5.36. The van der Waals surface area contributed by atoms with Gasteiger partial charge in [-0.25, -0.2) is 0 Å². The van der Waals surface area contributed by atoms with Gasteiger partial charge in [-0.1, -0.05) is 30.1 Å². The lowest BCUT2D eigenvalue weighted by molar-refractivity contribution is 1.17. The van der Waals surface area contributed by atoms with Crippen molar-refractivity contribution in [3.05, 3.63) is 30.2 Å². The fraction of sp³-hybridized carbons (Fsp3) is 0.182. The monoisotopic (exact) mass is 251 g/mol. The number of aliphatic imine (C=N–C) groups is 1. The van der Waals surface area contributed by atoms with Crippen molar-refractivity contribution in [2.45, 2.75) is 4.90 Å². The zero-order valence-electron chi connectivity index (χ0n) is 8.77. The number of thioether (sulfide) groups is 2. The molecule has 0 aromatic heterocycles. The summed E-state index contributed by atoms with van der Waals surface area (Å²) >= 11 is 3.27. The Morgan fingerprint density at radius 2 is 2.44 bits per heavy atom. The van der Waals surface area contributed by atoms with Crippen molar-refractivity contribution in [2.24, 2.45) is 4.99 Å². The minimum absolute atomic E-state index is 0.775. The van der Waals surface area contributed by atoms with E-state index in [1.165, 1.54) is 11.8 Å². The van der Waals surface area contributed by atoms with E-state index >= 15 is 0 Å². The van der Waals surface area contributed by atoms with E-state index in [0.717, 1.165) is 33.7 Å². The zero-order chi connectivity index (χ0) is 11.4. The van der Waals surface area contributed by atoms with Crippen LogP contribution in [-0.2, 0) is 0 Å². The van der Waals surface area contributed by atoms with Gasteiger partial charge >= 0.3 is 0 Å². The second-order valence-electron chi connectivity index (χ2n) is 3.20. The molecule has 0 atom stereocenters. The second kappa shape index (κ2) is 5.32. The first-order valence-electron chi connectivity index (χ1n) is 4.91. The van der Waals surface area contributed by atoms with E-state index in [9.17, 15) is 0 Å². The van der Waals surface area contributed by atoms with E-state index in [1.54, 1.807) is 17.2 Å². The van der Waals surface area contributed by atoms with Crippen LogP contribution in [0.5, 0.6) is 0 Å². The van der Waals surface area contributed by atoms with E-state index in [2.05, 4.69) is 16.9 Å². The van der Waals surface area contributed by atoms with Gasteiger partial charge in [-0.3, -0.25) is 4.99 Å². The number of amidine groups is 1. The fourth-order valence-corrected chi connectivity index (χ4v) is 2.67. The largest absolute Gasteiger partial charge is 0.398 e. The minimum atomic E-state index is 0.775. The van der Waals surface area contributed by atoms with E-state index in [0.29, 0.717) is 0 Å². The number of anilines is 2. The summed E-state index contributed by atoms with van der Waals surface area (Å²) in [6, 6.07) is 5.88. The Bertz CT molecular complexity index is 429. The van der Waals surface area contributed by atoms with Gasteiger partial charge in [-0.2, -0.15) is 0 Å². The van der Waals surface area contributed by atoms with Gasteiger partial charge in [0.1, 0.15) is 0 Å². The van der Waals surface area contributed by atoms with Crippen LogP contribution in [0.15, 0.2) is 40.1 Å². The van der Waals surface area contributed by atoms with Gasteiger partial charge in [0.15, 0.2) is 5.17 Å². The molecular formula is C11H13N3S2. The number of nitrogens with one attached hydrogen (secondary N) is 1. The molecule has 1 aromatic carbocycles. The Morgan fingerprint density at radius 3 is 3.12 bits per heavy atom. The van der Waals surface area contributed by atoms with Gasteiger partial charge in [0.25, 0.3) is 0 Å². The zero-order valence-corrected chi connectivity index (χ0v) is 10.4. The molecule has 1 heterocycles. The maximum absolute atomic E-state index is 5.85. The molecule has 16 heavy (non-hydrogen) atoms. The number of nitrogens with two attached hydrogens (primary N) is 1. The van der Waals surface area contributed by atoms with E-state index in [-0.39, 0.29) is 0 Å². The van der Waals surface area contributed by atoms with Gasteiger partial charge in [0.05, 0.1) is 6.54 Å².